The quantitative estimate of drug-likeness (QED) is 0.653. The minimum Gasteiger partial charge on any atom is -0.276 e. The number of hydrogen-bond acceptors (Lipinski definition) is 3. The fourth-order valence-electron chi connectivity index (χ4n) is 1.21. The van der Waals surface area contributed by atoms with Crippen molar-refractivity contribution in [1.82, 2.24) is 4.98 Å². The van der Waals surface area contributed by atoms with Crippen LogP contribution in [-0.2, 0) is 0 Å². The fourth-order valence-corrected chi connectivity index (χ4v) is 1.21. The summed E-state index contributed by atoms with van der Waals surface area (Å²) < 4.78 is 25.8. The number of halogens is 2. The summed E-state index contributed by atoms with van der Waals surface area (Å²) in [6.45, 7) is 0. The number of nitrogens with one attached hydrogen (secondary N) is 1. The van der Waals surface area contributed by atoms with Crippen LogP contribution in [0.3, 0.4) is 0 Å². The monoisotopic (exact) mass is 233 g/mol. The minimum absolute atomic E-state index is 0.122. The van der Waals surface area contributed by atoms with E-state index >= 15 is 0 Å². The molecule has 0 unspecified atom stereocenters. The lowest BCUT2D eigenvalue weighted by molar-refractivity contribution is 0.585. The molecule has 0 aliphatic rings. The minimum atomic E-state index is -0.683. The zero-order valence-corrected chi connectivity index (χ0v) is 8.77. The molecule has 1 aromatic heterocycles. The van der Waals surface area contributed by atoms with Gasteiger partial charge in [-0.25, -0.2) is 8.78 Å². The van der Waals surface area contributed by atoms with Crippen molar-refractivity contribution in [2.45, 2.75) is 0 Å². The first kappa shape index (κ1) is 11.2. The Morgan fingerprint density at radius 1 is 1.12 bits per heavy atom. The van der Waals surface area contributed by atoms with Gasteiger partial charge in [-0.3, -0.25) is 10.4 Å². The summed E-state index contributed by atoms with van der Waals surface area (Å²) in [5.41, 5.74) is 3.45. The molecule has 1 heterocycles. The summed E-state index contributed by atoms with van der Waals surface area (Å²) >= 11 is 0. The van der Waals surface area contributed by atoms with Crippen molar-refractivity contribution >= 4 is 11.9 Å². The van der Waals surface area contributed by atoms with E-state index in [1.54, 1.807) is 24.5 Å². The van der Waals surface area contributed by atoms with Gasteiger partial charge >= 0.3 is 0 Å². The van der Waals surface area contributed by atoms with E-state index in [0.717, 1.165) is 17.7 Å². The highest BCUT2D eigenvalue weighted by Crippen LogP contribution is 2.14. The fraction of sp³-hybridized carbons (Fsp3) is 0. The van der Waals surface area contributed by atoms with Gasteiger partial charge in [0.1, 0.15) is 5.82 Å². The molecule has 17 heavy (non-hydrogen) atoms. The lowest BCUT2D eigenvalue weighted by Gasteiger charge is -2.01. The summed E-state index contributed by atoms with van der Waals surface area (Å²) in [5, 5.41) is 3.84. The number of benzene rings is 1. The van der Waals surface area contributed by atoms with Crippen LogP contribution in [0.1, 0.15) is 5.56 Å². The first-order valence-corrected chi connectivity index (χ1v) is 4.90. The number of anilines is 1. The van der Waals surface area contributed by atoms with Crippen molar-refractivity contribution < 1.29 is 8.78 Å². The van der Waals surface area contributed by atoms with Crippen LogP contribution < -0.4 is 5.43 Å². The van der Waals surface area contributed by atoms with Crippen LogP contribution >= 0.6 is 0 Å². The molecule has 0 aliphatic carbocycles. The van der Waals surface area contributed by atoms with Gasteiger partial charge in [0.2, 0.25) is 0 Å². The van der Waals surface area contributed by atoms with Crippen LogP contribution in [0, 0.1) is 11.6 Å². The molecule has 86 valence electrons. The van der Waals surface area contributed by atoms with Gasteiger partial charge in [0.05, 0.1) is 11.9 Å². The van der Waals surface area contributed by atoms with Gasteiger partial charge in [0, 0.05) is 18.5 Å². The molecular weight excluding hydrogens is 224 g/mol. The van der Waals surface area contributed by atoms with Crippen molar-refractivity contribution in [2.75, 3.05) is 5.43 Å². The molecule has 0 spiro atoms. The molecule has 0 amide bonds. The maximum absolute atomic E-state index is 13.2. The maximum atomic E-state index is 13.2. The Balaban J connectivity index is 2.05. The van der Waals surface area contributed by atoms with Crippen LogP contribution in [0.5, 0.6) is 0 Å². The largest absolute Gasteiger partial charge is 0.276 e. The number of hydrogen-bond donors (Lipinski definition) is 1. The third-order valence-electron chi connectivity index (χ3n) is 2.04. The van der Waals surface area contributed by atoms with E-state index < -0.39 is 11.6 Å². The molecule has 0 fully saturated rings. The summed E-state index contributed by atoms with van der Waals surface area (Å²) in [6, 6.07) is 6.75. The highest BCUT2D eigenvalue weighted by atomic mass is 19.1. The van der Waals surface area contributed by atoms with Crippen molar-refractivity contribution in [2.24, 2.45) is 5.10 Å². The Hall–Kier alpha value is -2.30. The smallest absolute Gasteiger partial charge is 0.151 e. The van der Waals surface area contributed by atoms with Crippen molar-refractivity contribution in [3.05, 3.63) is 59.9 Å². The third kappa shape index (κ3) is 3.07. The molecule has 5 heteroatoms. The zero-order valence-electron chi connectivity index (χ0n) is 8.77. The lowest BCUT2D eigenvalue weighted by atomic mass is 10.3. The zero-order chi connectivity index (χ0) is 12.1. The summed E-state index contributed by atoms with van der Waals surface area (Å²) in [6.07, 6.45) is 4.77. The second kappa shape index (κ2) is 5.16. The van der Waals surface area contributed by atoms with E-state index in [0.29, 0.717) is 0 Å². The maximum Gasteiger partial charge on any atom is 0.151 e. The van der Waals surface area contributed by atoms with Gasteiger partial charge < -0.3 is 0 Å². The molecule has 0 atom stereocenters. The van der Waals surface area contributed by atoms with Crippen LogP contribution in [-0.4, -0.2) is 11.2 Å². The van der Waals surface area contributed by atoms with Gasteiger partial charge in [-0.2, -0.15) is 5.10 Å². The Morgan fingerprint density at radius 3 is 2.59 bits per heavy atom. The molecule has 1 aromatic carbocycles. The van der Waals surface area contributed by atoms with E-state index in [9.17, 15) is 8.78 Å². The second-order valence-corrected chi connectivity index (χ2v) is 3.27. The standard InChI is InChI=1S/C12H9F2N3/c13-10-1-2-12(11(14)7-10)17-16-8-9-3-5-15-6-4-9/h1-8,17H/b16-8-. The Kier molecular flexibility index (Phi) is 3.40. The topological polar surface area (TPSA) is 37.3 Å². The van der Waals surface area contributed by atoms with Gasteiger partial charge in [0.25, 0.3) is 0 Å². The average molecular weight is 233 g/mol. The molecule has 0 aliphatic heterocycles. The number of pyridine rings is 1. The molecule has 1 N–H and O–H groups in total. The van der Waals surface area contributed by atoms with Crippen LogP contribution in [0.4, 0.5) is 14.5 Å². The highest BCUT2D eigenvalue weighted by molar-refractivity contribution is 5.79. The van der Waals surface area contributed by atoms with E-state index in [1.165, 1.54) is 12.3 Å². The normalized spacial score (nSPS) is 10.7. The number of rotatable bonds is 3. The van der Waals surface area contributed by atoms with Crippen LogP contribution in [0.2, 0.25) is 0 Å². The van der Waals surface area contributed by atoms with E-state index in [-0.39, 0.29) is 5.69 Å². The third-order valence-corrected chi connectivity index (χ3v) is 2.04. The average Bonchev–Trinajstić information content (AvgIpc) is 2.33. The Morgan fingerprint density at radius 2 is 1.88 bits per heavy atom. The van der Waals surface area contributed by atoms with Crippen molar-refractivity contribution in [3.8, 4) is 0 Å². The van der Waals surface area contributed by atoms with E-state index in [2.05, 4.69) is 15.5 Å². The summed E-state index contributed by atoms with van der Waals surface area (Å²) in [4.78, 5) is 3.85. The van der Waals surface area contributed by atoms with Crippen LogP contribution in [0.25, 0.3) is 0 Å². The van der Waals surface area contributed by atoms with Gasteiger partial charge in [-0.05, 0) is 29.8 Å². The number of hydrazone groups is 1. The lowest BCUT2D eigenvalue weighted by Crippen LogP contribution is -1.94. The molecule has 2 aromatic rings. The predicted molar refractivity (Wildman–Crippen MR) is 61.8 cm³/mol. The summed E-state index contributed by atoms with van der Waals surface area (Å²) in [7, 11) is 0. The van der Waals surface area contributed by atoms with E-state index in [4.69, 9.17) is 0 Å². The summed E-state index contributed by atoms with van der Waals surface area (Å²) in [5.74, 6) is -1.30. The van der Waals surface area contributed by atoms with Gasteiger partial charge in [-0.1, -0.05) is 0 Å². The molecule has 0 saturated heterocycles. The molecule has 0 bridgehead atoms. The number of nitrogens with zero attached hydrogens (tertiary/aromatic N) is 2. The molecule has 0 radical (unpaired) electrons. The van der Waals surface area contributed by atoms with Gasteiger partial charge in [0.15, 0.2) is 5.82 Å². The molecule has 0 saturated carbocycles. The highest BCUT2D eigenvalue weighted by Gasteiger charge is 2.01. The molecule has 3 nitrogen and oxygen atoms in total. The first-order valence-electron chi connectivity index (χ1n) is 4.90. The SMILES string of the molecule is Fc1ccc(N/N=C\c2ccncc2)c(F)c1. The second-order valence-electron chi connectivity index (χ2n) is 3.27. The van der Waals surface area contributed by atoms with Crippen molar-refractivity contribution in [3.63, 3.8) is 0 Å². The molecule has 2 rings (SSSR count). The Labute approximate surface area is 96.8 Å². The molecular formula is C12H9F2N3. The Bertz CT molecular complexity index is 527. The first-order chi connectivity index (χ1) is 8.25. The number of aromatic nitrogens is 1. The van der Waals surface area contributed by atoms with E-state index in [1.807, 2.05) is 0 Å². The van der Waals surface area contributed by atoms with Crippen LogP contribution in [0.15, 0.2) is 47.8 Å². The van der Waals surface area contributed by atoms with Crippen molar-refractivity contribution in [1.29, 1.82) is 0 Å². The van der Waals surface area contributed by atoms with Gasteiger partial charge in [-0.15, -0.1) is 0 Å². The predicted octanol–water partition coefficient (Wildman–Crippen LogP) is 2.81.